The summed E-state index contributed by atoms with van der Waals surface area (Å²) in [6, 6.07) is 0.288. The molecule has 0 aromatic heterocycles. The molecule has 1 aliphatic heterocycles. The van der Waals surface area contributed by atoms with Crippen LogP contribution in [0, 0.1) is 5.41 Å². The lowest BCUT2D eigenvalue weighted by molar-refractivity contribution is -0.739. The second-order valence-electron chi connectivity index (χ2n) is 4.60. The van der Waals surface area contributed by atoms with E-state index in [9.17, 15) is 5.11 Å². The first-order chi connectivity index (χ1) is 5.02. The predicted octanol–water partition coefficient (Wildman–Crippen LogP) is -0.513. The summed E-state index contributed by atoms with van der Waals surface area (Å²) in [4.78, 5) is 0. The van der Waals surface area contributed by atoms with Crippen LogP contribution in [-0.4, -0.2) is 18.7 Å². The highest BCUT2D eigenvalue weighted by Gasteiger charge is 2.31. The van der Waals surface area contributed by atoms with Crippen LogP contribution in [0.1, 0.15) is 33.6 Å². The minimum atomic E-state index is -0.344. The number of nitrogens with two attached hydrogens (primary N) is 1. The van der Waals surface area contributed by atoms with Crippen molar-refractivity contribution >= 4 is 0 Å². The summed E-state index contributed by atoms with van der Waals surface area (Å²) in [5.41, 5.74) is 0.173. The molecule has 0 spiro atoms. The smallest absolute Gasteiger partial charge is 0.0782 e. The molecule has 0 bridgehead atoms. The minimum absolute atomic E-state index is 0.173. The van der Waals surface area contributed by atoms with Crippen LogP contribution in [0.3, 0.4) is 0 Å². The maximum Gasteiger partial charge on any atom is 0.0782 e. The summed E-state index contributed by atoms with van der Waals surface area (Å²) in [5.74, 6) is 0. The van der Waals surface area contributed by atoms with E-state index >= 15 is 0 Å². The largest absolute Gasteiger partial charge is 0.848 e. The third-order valence-electron chi connectivity index (χ3n) is 2.51. The minimum Gasteiger partial charge on any atom is -0.848 e. The lowest BCUT2D eigenvalue weighted by Gasteiger charge is -2.41. The molecule has 1 heterocycles. The molecule has 0 aromatic carbocycles. The highest BCUT2D eigenvalue weighted by atomic mass is 16.3. The van der Waals surface area contributed by atoms with Crippen molar-refractivity contribution in [3.05, 3.63) is 0 Å². The topological polar surface area (TPSA) is 39.7 Å². The SMILES string of the molecule is CC(C)(C)C1[NH2+]CCCC1[O-]. The van der Waals surface area contributed by atoms with Gasteiger partial charge in [-0.3, -0.25) is 0 Å². The highest BCUT2D eigenvalue weighted by Crippen LogP contribution is 2.21. The van der Waals surface area contributed by atoms with E-state index in [4.69, 9.17) is 0 Å². The molecular weight excluding hydrogens is 138 g/mol. The molecule has 11 heavy (non-hydrogen) atoms. The summed E-state index contributed by atoms with van der Waals surface area (Å²) in [6.07, 6.45) is 1.63. The number of piperidine rings is 1. The third kappa shape index (κ3) is 2.17. The Morgan fingerprint density at radius 3 is 2.36 bits per heavy atom. The van der Waals surface area contributed by atoms with E-state index in [0.29, 0.717) is 0 Å². The predicted molar refractivity (Wildman–Crippen MR) is 43.1 cm³/mol. The van der Waals surface area contributed by atoms with E-state index in [0.717, 1.165) is 19.4 Å². The quantitative estimate of drug-likeness (QED) is 0.505. The van der Waals surface area contributed by atoms with Crippen LogP contribution in [0.25, 0.3) is 0 Å². The summed E-state index contributed by atoms with van der Waals surface area (Å²) >= 11 is 0. The van der Waals surface area contributed by atoms with Gasteiger partial charge in [-0.15, -0.1) is 0 Å². The van der Waals surface area contributed by atoms with Crippen molar-refractivity contribution in [2.24, 2.45) is 5.41 Å². The zero-order valence-corrected chi connectivity index (χ0v) is 7.76. The average Bonchev–Trinajstić information content (AvgIpc) is 1.86. The Morgan fingerprint density at radius 2 is 2.00 bits per heavy atom. The zero-order chi connectivity index (χ0) is 8.48. The molecule has 66 valence electrons. The molecule has 1 fully saturated rings. The monoisotopic (exact) mass is 157 g/mol. The Morgan fingerprint density at radius 1 is 1.36 bits per heavy atom. The molecule has 2 N–H and O–H groups in total. The van der Waals surface area contributed by atoms with Gasteiger partial charge in [0.1, 0.15) is 0 Å². The summed E-state index contributed by atoms with van der Waals surface area (Å²) < 4.78 is 0. The molecule has 2 heteroatoms. The van der Waals surface area contributed by atoms with Crippen molar-refractivity contribution in [3.8, 4) is 0 Å². The average molecular weight is 157 g/mol. The second-order valence-corrected chi connectivity index (χ2v) is 4.60. The zero-order valence-electron chi connectivity index (χ0n) is 7.76. The fourth-order valence-electron chi connectivity index (χ4n) is 1.86. The van der Waals surface area contributed by atoms with Crippen LogP contribution in [0.15, 0.2) is 0 Å². The first kappa shape index (κ1) is 9.01. The van der Waals surface area contributed by atoms with E-state index in [1.807, 2.05) is 0 Å². The van der Waals surface area contributed by atoms with Crippen molar-refractivity contribution in [2.75, 3.05) is 6.54 Å². The Balaban J connectivity index is 2.55. The Hall–Kier alpha value is -0.0800. The fraction of sp³-hybridized carbons (Fsp3) is 1.00. The first-order valence-corrected chi connectivity index (χ1v) is 4.51. The van der Waals surface area contributed by atoms with E-state index < -0.39 is 0 Å². The molecule has 2 atom stereocenters. The van der Waals surface area contributed by atoms with Crippen molar-refractivity contribution in [2.45, 2.75) is 45.8 Å². The summed E-state index contributed by atoms with van der Waals surface area (Å²) in [6.45, 7) is 7.61. The highest BCUT2D eigenvalue weighted by molar-refractivity contribution is 4.79. The van der Waals surface area contributed by atoms with Gasteiger partial charge in [-0.1, -0.05) is 33.3 Å². The molecule has 0 saturated carbocycles. The molecule has 1 rings (SSSR count). The van der Waals surface area contributed by atoms with Gasteiger partial charge in [0.15, 0.2) is 0 Å². The molecular formula is C9H19NO. The van der Waals surface area contributed by atoms with E-state index in [1.165, 1.54) is 0 Å². The summed E-state index contributed by atoms with van der Waals surface area (Å²) in [7, 11) is 0. The molecule has 1 saturated heterocycles. The van der Waals surface area contributed by atoms with Crippen LogP contribution >= 0.6 is 0 Å². The van der Waals surface area contributed by atoms with Crippen molar-refractivity contribution in [3.63, 3.8) is 0 Å². The first-order valence-electron chi connectivity index (χ1n) is 4.51. The number of rotatable bonds is 0. The molecule has 1 aliphatic rings. The van der Waals surface area contributed by atoms with Gasteiger partial charge in [0.05, 0.1) is 12.6 Å². The molecule has 0 radical (unpaired) electrons. The molecule has 0 aromatic rings. The molecule has 2 unspecified atom stereocenters. The Bertz CT molecular complexity index is 128. The molecule has 0 aliphatic carbocycles. The van der Waals surface area contributed by atoms with E-state index in [-0.39, 0.29) is 17.6 Å². The van der Waals surface area contributed by atoms with Crippen LogP contribution < -0.4 is 10.4 Å². The van der Waals surface area contributed by atoms with Crippen LogP contribution in [-0.2, 0) is 0 Å². The Kier molecular flexibility index (Phi) is 2.55. The Labute approximate surface area is 69.0 Å². The summed E-state index contributed by atoms with van der Waals surface area (Å²) in [5, 5.41) is 13.7. The number of hydrogen-bond donors (Lipinski definition) is 1. The molecule has 0 amide bonds. The van der Waals surface area contributed by atoms with E-state index in [1.54, 1.807) is 0 Å². The van der Waals surface area contributed by atoms with Gasteiger partial charge in [-0.25, -0.2) is 0 Å². The van der Waals surface area contributed by atoms with Crippen molar-refractivity contribution in [1.29, 1.82) is 0 Å². The van der Waals surface area contributed by atoms with Crippen molar-refractivity contribution < 1.29 is 10.4 Å². The molecule has 2 nitrogen and oxygen atoms in total. The van der Waals surface area contributed by atoms with Gasteiger partial charge < -0.3 is 10.4 Å². The maximum atomic E-state index is 11.5. The fourth-order valence-corrected chi connectivity index (χ4v) is 1.86. The lowest BCUT2D eigenvalue weighted by atomic mass is 9.80. The van der Waals surface area contributed by atoms with Gasteiger partial charge in [0.2, 0.25) is 0 Å². The van der Waals surface area contributed by atoms with Gasteiger partial charge in [0.25, 0.3) is 0 Å². The second kappa shape index (κ2) is 3.11. The van der Waals surface area contributed by atoms with Gasteiger partial charge in [-0.05, 0) is 6.42 Å². The number of quaternary nitrogens is 1. The van der Waals surface area contributed by atoms with Gasteiger partial charge >= 0.3 is 0 Å². The van der Waals surface area contributed by atoms with Gasteiger partial charge in [0, 0.05) is 5.41 Å². The van der Waals surface area contributed by atoms with E-state index in [2.05, 4.69) is 26.1 Å². The standard InChI is InChI=1S/C9H18NO/c1-9(2,3)8-7(11)5-4-6-10-8/h7-8,10H,4-6H2,1-3H3/q-1/p+1. The maximum absolute atomic E-state index is 11.5. The third-order valence-corrected chi connectivity index (χ3v) is 2.51. The van der Waals surface area contributed by atoms with Crippen molar-refractivity contribution in [1.82, 2.24) is 0 Å². The van der Waals surface area contributed by atoms with Gasteiger partial charge in [-0.2, -0.15) is 0 Å². The normalized spacial score (nSPS) is 33.8. The number of hydrogen-bond acceptors (Lipinski definition) is 1. The van der Waals surface area contributed by atoms with Crippen LogP contribution in [0.2, 0.25) is 0 Å². The van der Waals surface area contributed by atoms with Crippen LogP contribution in [0.5, 0.6) is 0 Å². The van der Waals surface area contributed by atoms with Crippen LogP contribution in [0.4, 0.5) is 0 Å². The lowest BCUT2D eigenvalue weighted by Crippen LogP contribution is -2.97.